The molecule has 0 N–H and O–H groups in total. The lowest BCUT2D eigenvalue weighted by atomic mass is 9.93. The lowest BCUT2D eigenvalue weighted by molar-refractivity contribution is 1.31. The molecule has 5 rings (SSSR count). The Hall–Kier alpha value is -3.26. The third-order valence-electron chi connectivity index (χ3n) is 5.15. The number of hydrogen-bond donors (Lipinski definition) is 0. The first-order chi connectivity index (χ1) is 12.7. The molecule has 26 heavy (non-hydrogen) atoms. The van der Waals surface area contributed by atoms with Gasteiger partial charge in [-0.3, -0.25) is 4.98 Å². The fraction of sp³-hybridized carbons (Fsp3) is 0.0833. The average Bonchev–Trinajstić information content (AvgIpc) is 2.69. The van der Waals surface area contributed by atoms with Crippen molar-refractivity contribution in [2.45, 2.75) is 13.8 Å². The minimum atomic E-state index is 0.910. The Morgan fingerprint density at radius 1 is 0.615 bits per heavy atom. The summed E-state index contributed by atoms with van der Waals surface area (Å²) in [4.78, 5) is 9.88. The zero-order valence-corrected chi connectivity index (χ0v) is 14.8. The molecule has 0 bridgehead atoms. The van der Waals surface area contributed by atoms with Crippen LogP contribution in [0.1, 0.15) is 11.1 Å². The van der Waals surface area contributed by atoms with E-state index in [1.807, 2.05) is 24.4 Å². The van der Waals surface area contributed by atoms with Gasteiger partial charge >= 0.3 is 0 Å². The minimum Gasteiger partial charge on any atom is -0.252 e. The molecule has 4 aromatic carbocycles. The first-order valence-corrected chi connectivity index (χ1v) is 8.87. The predicted octanol–water partition coefficient (Wildman–Crippen LogP) is 6.22. The first kappa shape index (κ1) is 15.0. The lowest BCUT2D eigenvalue weighted by Gasteiger charge is -2.13. The van der Waals surface area contributed by atoms with Gasteiger partial charge in [-0.15, -0.1) is 0 Å². The van der Waals surface area contributed by atoms with E-state index in [0.717, 1.165) is 22.3 Å². The van der Waals surface area contributed by atoms with Gasteiger partial charge in [-0.1, -0.05) is 66.7 Å². The quantitative estimate of drug-likeness (QED) is 0.340. The van der Waals surface area contributed by atoms with Crippen molar-refractivity contribution in [2.24, 2.45) is 0 Å². The fourth-order valence-corrected chi connectivity index (χ4v) is 3.92. The van der Waals surface area contributed by atoms with Crippen molar-refractivity contribution in [1.29, 1.82) is 0 Å². The molecule has 0 saturated heterocycles. The zero-order valence-electron chi connectivity index (χ0n) is 14.8. The van der Waals surface area contributed by atoms with E-state index in [0.29, 0.717) is 0 Å². The van der Waals surface area contributed by atoms with E-state index in [-0.39, 0.29) is 0 Å². The Morgan fingerprint density at radius 2 is 1.23 bits per heavy atom. The molecule has 0 aliphatic rings. The van der Waals surface area contributed by atoms with E-state index in [9.17, 15) is 0 Å². The molecule has 1 aromatic heterocycles. The topological polar surface area (TPSA) is 25.8 Å². The molecule has 1 heterocycles. The summed E-state index contributed by atoms with van der Waals surface area (Å²) in [5.74, 6) is 0. The molecule has 0 saturated carbocycles. The van der Waals surface area contributed by atoms with E-state index in [1.165, 1.54) is 32.7 Å². The normalized spacial score (nSPS) is 11.5. The van der Waals surface area contributed by atoms with Crippen molar-refractivity contribution in [3.63, 3.8) is 0 Å². The van der Waals surface area contributed by atoms with Gasteiger partial charge in [0.05, 0.1) is 22.9 Å². The number of nitrogens with zero attached hydrogens (tertiary/aromatic N) is 2. The molecular weight excluding hydrogens is 316 g/mol. The van der Waals surface area contributed by atoms with Gasteiger partial charge in [0.2, 0.25) is 0 Å². The SMILES string of the molecule is Cc1cccc2c3ncc(-c4ccccc4)nc3c3cccc(C)c3c12. The number of benzene rings is 4. The van der Waals surface area contributed by atoms with Crippen LogP contribution in [-0.4, -0.2) is 9.97 Å². The van der Waals surface area contributed by atoms with Crippen molar-refractivity contribution in [2.75, 3.05) is 0 Å². The highest BCUT2D eigenvalue weighted by atomic mass is 14.8. The monoisotopic (exact) mass is 334 g/mol. The molecule has 0 fully saturated rings. The van der Waals surface area contributed by atoms with E-state index < -0.39 is 0 Å². The number of aryl methyl sites for hydroxylation is 2. The van der Waals surface area contributed by atoms with Crippen LogP contribution >= 0.6 is 0 Å². The molecule has 0 spiro atoms. The molecule has 0 aliphatic heterocycles. The van der Waals surface area contributed by atoms with Crippen LogP contribution in [0.25, 0.3) is 43.8 Å². The number of aromatic nitrogens is 2. The second-order valence-corrected chi connectivity index (χ2v) is 6.81. The summed E-state index contributed by atoms with van der Waals surface area (Å²) in [5.41, 5.74) is 6.50. The molecule has 124 valence electrons. The highest BCUT2D eigenvalue weighted by Gasteiger charge is 2.14. The highest BCUT2D eigenvalue weighted by Crippen LogP contribution is 2.37. The third-order valence-corrected chi connectivity index (χ3v) is 5.15. The molecule has 0 radical (unpaired) electrons. The average molecular weight is 334 g/mol. The fourth-order valence-electron chi connectivity index (χ4n) is 3.92. The molecule has 5 aromatic rings. The van der Waals surface area contributed by atoms with Gasteiger partial charge < -0.3 is 0 Å². The highest BCUT2D eigenvalue weighted by molar-refractivity contribution is 6.24. The standard InChI is InChI=1S/C24H18N2/c1-15-8-6-12-18-21(15)22-16(2)9-7-13-19(22)24-23(18)25-14-20(26-24)17-10-4-3-5-11-17/h3-14H,1-2H3. The number of rotatable bonds is 1. The molecular formula is C24H18N2. The maximum atomic E-state index is 5.03. The summed E-state index contributed by atoms with van der Waals surface area (Å²) in [6.45, 7) is 4.35. The smallest absolute Gasteiger partial charge is 0.0979 e. The lowest BCUT2D eigenvalue weighted by Crippen LogP contribution is -1.94. The summed E-state index contributed by atoms with van der Waals surface area (Å²) in [5, 5.41) is 4.92. The van der Waals surface area contributed by atoms with Gasteiger partial charge in [0, 0.05) is 16.3 Å². The Morgan fingerprint density at radius 3 is 1.88 bits per heavy atom. The molecule has 2 heteroatoms. The van der Waals surface area contributed by atoms with Gasteiger partial charge in [0.15, 0.2) is 0 Å². The Labute approximate surface area is 152 Å². The van der Waals surface area contributed by atoms with Crippen LogP contribution in [0.4, 0.5) is 0 Å². The third kappa shape index (κ3) is 2.12. The molecule has 2 nitrogen and oxygen atoms in total. The summed E-state index contributed by atoms with van der Waals surface area (Å²) >= 11 is 0. The summed E-state index contributed by atoms with van der Waals surface area (Å²) in [6, 6.07) is 23.1. The van der Waals surface area contributed by atoms with E-state index in [2.05, 4.69) is 62.4 Å². The van der Waals surface area contributed by atoms with Crippen LogP contribution in [-0.2, 0) is 0 Å². The van der Waals surface area contributed by atoms with Crippen LogP contribution in [0.3, 0.4) is 0 Å². The van der Waals surface area contributed by atoms with Gasteiger partial charge in [-0.25, -0.2) is 4.98 Å². The molecule has 0 amide bonds. The Bertz CT molecular complexity index is 1290. The summed E-state index contributed by atoms with van der Waals surface area (Å²) < 4.78 is 0. The van der Waals surface area contributed by atoms with Crippen molar-refractivity contribution in [3.8, 4) is 11.3 Å². The Balaban J connectivity index is 2.01. The van der Waals surface area contributed by atoms with Gasteiger partial charge in [-0.05, 0) is 35.7 Å². The van der Waals surface area contributed by atoms with Gasteiger partial charge in [0.1, 0.15) is 0 Å². The van der Waals surface area contributed by atoms with Crippen LogP contribution in [0.15, 0.2) is 72.9 Å². The van der Waals surface area contributed by atoms with Crippen LogP contribution in [0.2, 0.25) is 0 Å². The van der Waals surface area contributed by atoms with Crippen LogP contribution in [0, 0.1) is 13.8 Å². The van der Waals surface area contributed by atoms with Gasteiger partial charge in [-0.2, -0.15) is 0 Å². The van der Waals surface area contributed by atoms with Crippen molar-refractivity contribution >= 4 is 32.6 Å². The maximum Gasteiger partial charge on any atom is 0.0979 e. The molecule has 0 aliphatic carbocycles. The van der Waals surface area contributed by atoms with Crippen molar-refractivity contribution < 1.29 is 0 Å². The second-order valence-electron chi connectivity index (χ2n) is 6.81. The van der Waals surface area contributed by atoms with Crippen LogP contribution < -0.4 is 0 Å². The van der Waals surface area contributed by atoms with E-state index >= 15 is 0 Å². The van der Waals surface area contributed by atoms with Crippen molar-refractivity contribution in [3.05, 3.63) is 84.1 Å². The first-order valence-electron chi connectivity index (χ1n) is 8.87. The predicted molar refractivity (Wildman–Crippen MR) is 109 cm³/mol. The zero-order chi connectivity index (χ0) is 17.7. The van der Waals surface area contributed by atoms with E-state index in [4.69, 9.17) is 9.97 Å². The van der Waals surface area contributed by atoms with Crippen molar-refractivity contribution in [1.82, 2.24) is 9.97 Å². The molecule has 0 atom stereocenters. The summed E-state index contributed by atoms with van der Waals surface area (Å²) in [7, 11) is 0. The van der Waals surface area contributed by atoms with Gasteiger partial charge in [0.25, 0.3) is 0 Å². The molecule has 0 unspecified atom stereocenters. The summed E-state index contributed by atoms with van der Waals surface area (Å²) in [6.07, 6.45) is 1.89. The maximum absolute atomic E-state index is 5.03. The number of fused-ring (bicyclic) bond motifs is 6. The largest absolute Gasteiger partial charge is 0.252 e. The van der Waals surface area contributed by atoms with E-state index in [1.54, 1.807) is 0 Å². The van der Waals surface area contributed by atoms with Crippen LogP contribution in [0.5, 0.6) is 0 Å². The Kier molecular flexibility index (Phi) is 3.26. The second kappa shape index (κ2) is 5.63. The number of hydrogen-bond acceptors (Lipinski definition) is 2. The minimum absolute atomic E-state index is 0.910.